The molecule has 2 nitrogen and oxygen atoms in total. The zero-order chi connectivity index (χ0) is 14.2. The molecule has 0 spiro atoms. The molecule has 0 fully saturated rings. The number of furan rings is 1. The number of benzene rings is 1. The number of hydrogen-bond acceptors (Lipinski definition) is 2. The molecule has 2 rings (SSSR count). The number of alkyl halides is 3. The summed E-state index contributed by atoms with van der Waals surface area (Å²) in [5.41, 5.74) is 5.15. The lowest BCUT2D eigenvalue weighted by Gasteiger charge is -2.14. The molecule has 1 atom stereocenters. The summed E-state index contributed by atoms with van der Waals surface area (Å²) >= 11 is 3.09. The molecule has 2 aromatic rings. The van der Waals surface area contributed by atoms with Gasteiger partial charge in [0.15, 0.2) is 4.67 Å². The number of halogens is 5. The minimum Gasteiger partial charge on any atom is -0.457 e. The van der Waals surface area contributed by atoms with Crippen LogP contribution in [0.3, 0.4) is 0 Å². The zero-order valence-corrected chi connectivity index (χ0v) is 10.9. The molecule has 2 N–H and O–H groups in total. The molecular weight excluding hydrogens is 330 g/mol. The van der Waals surface area contributed by atoms with Crippen LogP contribution < -0.4 is 5.73 Å². The van der Waals surface area contributed by atoms with Crippen molar-refractivity contribution in [1.29, 1.82) is 0 Å². The molecule has 102 valence electrons. The monoisotopic (exact) mass is 337 g/mol. The standard InChI is InChI=1S/C12H8BrF4NO/c13-11-7(3-4-19-11)10(18)6-1-2-9(14)8(5-6)12(15,16)17/h1-5,10H,18H2. The average molecular weight is 338 g/mol. The molecule has 7 heteroatoms. The number of rotatable bonds is 2. The lowest BCUT2D eigenvalue weighted by atomic mass is 9.99. The summed E-state index contributed by atoms with van der Waals surface area (Å²) in [6.07, 6.45) is -3.40. The van der Waals surface area contributed by atoms with Gasteiger partial charge in [0.1, 0.15) is 5.82 Å². The SMILES string of the molecule is NC(c1ccc(F)c(C(F)(F)F)c1)c1ccoc1Br. The van der Waals surface area contributed by atoms with Gasteiger partial charge in [-0.05, 0) is 39.7 Å². The third-order valence-corrected chi connectivity index (χ3v) is 3.28. The molecule has 0 saturated heterocycles. The second-order valence-electron chi connectivity index (χ2n) is 3.86. The van der Waals surface area contributed by atoms with E-state index in [9.17, 15) is 17.6 Å². The van der Waals surface area contributed by atoms with Gasteiger partial charge in [-0.25, -0.2) is 4.39 Å². The van der Waals surface area contributed by atoms with Crippen LogP contribution in [0.15, 0.2) is 39.6 Å². The first-order chi connectivity index (χ1) is 8.80. The van der Waals surface area contributed by atoms with Crippen LogP contribution in [0.1, 0.15) is 22.7 Å². The molecule has 0 aliphatic rings. The van der Waals surface area contributed by atoms with Gasteiger partial charge in [-0.1, -0.05) is 6.07 Å². The third kappa shape index (κ3) is 2.82. The molecule has 0 radical (unpaired) electrons. The summed E-state index contributed by atoms with van der Waals surface area (Å²) < 4.78 is 56.3. The van der Waals surface area contributed by atoms with Gasteiger partial charge in [0.2, 0.25) is 0 Å². The number of nitrogens with two attached hydrogens (primary N) is 1. The van der Waals surface area contributed by atoms with Gasteiger partial charge in [-0.3, -0.25) is 0 Å². The quantitative estimate of drug-likeness (QED) is 0.832. The highest BCUT2D eigenvalue weighted by Crippen LogP contribution is 2.34. The molecule has 1 unspecified atom stereocenters. The van der Waals surface area contributed by atoms with Crippen molar-refractivity contribution in [2.45, 2.75) is 12.2 Å². The Morgan fingerprint density at radius 1 is 1.21 bits per heavy atom. The Morgan fingerprint density at radius 2 is 1.89 bits per heavy atom. The Morgan fingerprint density at radius 3 is 2.42 bits per heavy atom. The topological polar surface area (TPSA) is 39.2 Å². The fourth-order valence-electron chi connectivity index (χ4n) is 1.66. The molecule has 0 saturated carbocycles. The Bertz CT molecular complexity index is 594. The molecule has 0 amide bonds. The van der Waals surface area contributed by atoms with E-state index >= 15 is 0 Å². The molecule has 0 aliphatic carbocycles. The lowest BCUT2D eigenvalue weighted by Crippen LogP contribution is -2.15. The van der Waals surface area contributed by atoms with Crippen LogP contribution in [-0.2, 0) is 6.18 Å². The van der Waals surface area contributed by atoms with Crippen molar-refractivity contribution in [2.75, 3.05) is 0 Å². The van der Waals surface area contributed by atoms with Crippen LogP contribution in [-0.4, -0.2) is 0 Å². The van der Waals surface area contributed by atoms with Crippen LogP contribution in [0.5, 0.6) is 0 Å². The predicted molar refractivity (Wildman–Crippen MR) is 63.8 cm³/mol. The highest BCUT2D eigenvalue weighted by Gasteiger charge is 2.34. The van der Waals surface area contributed by atoms with Crippen LogP contribution in [0.2, 0.25) is 0 Å². The Labute approximate surface area is 114 Å². The van der Waals surface area contributed by atoms with E-state index in [0.717, 1.165) is 6.07 Å². The number of hydrogen-bond donors (Lipinski definition) is 1. The van der Waals surface area contributed by atoms with Crippen molar-refractivity contribution < 1.29 is 22.0 Å². The minimum atomic E-state index is -4.76. The second kappa shape index (κ2) is 4.97. The third-order valence-electron chi connectivity index (χ3n) is 2.64. The summed E-state index contributed by atoms with van der Waals surface area (Å²) in [6, 6.07) is 3.38. The van der Waals surface area contributed by atoms with Crippen LogP contribution in [0, 0.1) is 5.82 Å². The summed E-state index contributed by atoms with van der Waals surface area (Å²) in [7, 11) is 0. The Kier molecular flexibility index (Phi) is 3.69. The highest BCUT2D eigenvalue weighted by molar-refractivity contribution is 9.10. The van der Waals surface area contributed by atoms with Crippen molar-refractivity contribution in [2.24, 2.45) is 5.73 Å². The predicted octanol–water partition coefficient (Wildman–Crippen LogP) is 4.25. The summed E-state index contributed by atoms with van der Waals surface area (Å²) in [4.78, 5) is 0. The first kappa shape index (κ1) is 14.1. The van der Waals surface area contributed by atoms with Crippen molar-refractivity contribution in [3.63, 3.8) is 0 Å². The van der Waals surface area contributed by atoms with Crippen molar-refractivity contribution in [3.8, 4) is 0 Å². The molecule has 0 bridgehead atoms. The van der Waals surface area contributed by atoms with Crippen LogP contribution >= 0.6 is 15.9 Å². The largest absolute Gasteiger partial charge is 0.457 e. The fourth-order valence-corrected chi connectivity index (χ4v) is 2.15. The van der Waals surface area contributed by atoms with E-state index in [1.54, 1.807) is 0 Å². The van der Waals surface area contributed by atoms with Gasteiger partial charge in [-0.15, -0.1) is 0 Å². The van der Waals surface area contributed by atoms with Crippen LogP contribution in [0.25, 0.3) is 0 Å². The van der Waals surface area contributed by atoms with E-state index < -0.39 is 23.6 Å². The van der Waals surface area contributed by atoms with E-state index in [1.165, 1.54) is 18.4 Å². The lowest BCUT2D eigenvalue weighted by molar-refractivity contribution is -0.140. The van der Waals surface area contributed by atoms with Gasteiger partial charge in [0, 0.05) is 5.56 Å². The van der Waals surface area contributed by atoms with Crippen LogP contribution in [0.4, 0.5) is 17.6 Å². The van der Waals surface area contributed by atoms with E-state index in [0.29, 0.717) is 16.3 Å². The first-order valence-electron chi connectivity index (χ1n) is 5.16. The van der Waals surface area contributed by atoms with Crippen molar-refractivity contribution >= 4 is 15.9 Å². The zero-order valence-electron chi connectivity index (χ0n) is 9.34. The molecule has 1 aromatic carbocycles. The van der Waals surface area contributed by atoms with Gasteiger partial charge in [0.05, 0.1) is 17.9 Å². The molecule has 0 aliphatic heterocycles. The van der Waals surface area contributed by atoms with Gasteiger partial charge >= 0.3 is 6.18 Å². The summed E-state index contributed by atoms with van der Waals surface area (Å²) in [5.74, 6) is -1.32. The maximum Gasteiger partial charge on any atom is 0.419 e. The van der Waals surface area contributed by atoms with Gasteiger partial charge < -0.3 is 10.2 Å². The van der Waals surface area contributed by atoms with E-state index in [-0.39, 0.29) is 5.56 Å². The molecule has 1 heterocycles. The Hall–Kier alpha value is -1.34. The second-order valence-corrected chi connectivity index (χ2v) is 4.58. The van der Waals surface area contributed by atoms with Crippen molar-refractivity contribution in [1.82, 2.24) is 0 Å². The van der Waals surface area contributed by atoms with Gasteiger partial charge in [0.25, 0.3) is 0 Å². The summed E-state index contributed by atoms with van der Waals surface area (Å²) in [5, 5.41) is 0. The highest BCUT2D eigenvalue weighted by atomic mass is 79.9. The fraction of sp³-hybridized carbons (Fsp3) is 0.167. The normalized spacial score (nSPS) is 13.6. The molecular formula is C12H8BrF4NO. The van der Waals surface area contributed by atoms with Crippen molar-refractivity contribution in [3.05, 3.63) is 57.7 Å². The first-order valence-corrected chi connectivity index (χ1v) is 5.95. The summed E-state index contributed by atoms with van der Waals surface area (Å²) in [6.45, 7) is 0. The maximum absolute atomic E-state index is 13.2. The minimum absolute atomic E-state index is 0.149. The van der Waals surface area contributed by atoms with E-state index in [1.807, 2.05) is 0 Å². The maximum atomic E-state index is 13.2. The van der Waals surface area contributed by atoms with E-state index in [2.05, 4.69) is 15.9 Å². The smallest absolute Gasteiger partial charge is 0.419 e. The Balaban J connectivity index is 2.44. The molecule has 19 heavy (non-hydrogen) atoms. The molecule has 1 aromatic heterocycles. The van der Waals surface area contributed by atoms with E-state index in [4.69, 9.17) is 10.2 Å². The van der Waals surface area contributed by atoms with Gasteiger partial charge in [-0.2, -0.15) is 13.2 Å². The average Bonchev–Trinajstić information content (AvgIpc) is 2.73.